The number of aryl methyl sites for hydroxylation is 1. The number of aliphatic imine (C=N–C) groups is 1. The van der Waals surface area contributed by atoms with E-state index in [9.17, 15) is 5.11 Å². The Balaban J connectivity index is 1.98. The van der Waals surface area contributed by atoms with Gasteiger partial charge in [-0.3, -0.25) is 0 Å². The molecule has 0 aromatic carbocycles. The molecule has 0 bridgehead atoms. The predicted molar refractivity (Wildman–Crippen MR) is 87.6 cm³/mol. The second-order valence-corrected chi connectivity index (χ2v) is 6.05. The molecule has 1 unspecified atom stereocenters. The summed E-state index contributed by atoms with van der Waals surface area (Å²) in [6.45, 7) is 5.90. The zero-order valence-corrected chi connectivity index (χ0v) is 13.1. The molecule has 0 saturated heterocycles. The van der Waals surface area contributed by atoms with Crippen LogP contribution in [0.4, 0.5) is 11.5 Å². The van der Waals surface area contributed by atoms with Crippen molar-refractivity contribution in [1.82, 2.24) is 15.3 Å². The van der Waals surface area contributed by atoms with Crippen LogP contribution in [0.15, 0.2) is 10.9 Å². The molecule has 3 rings (SSSR count). The van der Waals surface area contributed by atoms with Crippen LogP contribution in [0.3, 0.4) is 0 Å². The predicted octanol–water partition coefficient (Wildman–Crippen LogP) is 1.82. The van der Waals surface area contributed by atoms with Crippen molar-refractivity contribution in [2.45, 2.75) is 45.7 Å². The lowest BCUT2D eigenvalue weighted by Crippen LogP contribution is -2.31. The maximum Gasteiger partial charge on any atom is 0.221 e. The third kappa shape index (κ3) is 2.70. The van der Waals surface area contributed by atoms with Crippen LogP contribution in [-0.2, 0) is 0 Å². The number of anilines is 2. The molecule has 2 heterocycles. The SMILES string of the molecule is Cc1nc(C2=C(O)N=CNC2C)nc(N[C@@H](C)C2CC2)c1N. The van der Waals surface area contributed by atoms with Gasteiger partial charge in [0.15, 0.2) is 11.6 Å². The van der Waals surface area contributed by atoms with Gasteiger partial charge in [0.1, 0.15) is 0 Å². The van der Waals surface area contributed by atoms with Gasteiger partial charge in [-0.25, -0.2) is 15.0 Å². The van der Waals surface area contributed by atoms with Gasteiger partial charge in [-0.1, -0.05) is 0 Å². The summed E-state index contributed by atoms with van der Waals surface area (Å²) in [7, 11) is 0. The van der Waals surface area contributed by atoms with Crippen molar-refractivity contribution in [2.24, 2.45) is 10.9 Å². The first-order chi connectivity index (χ1) is 10.5. The topological polar surface area (TPSA) is 108 Å². The Kier molecular flexibility index (Phi) is 3.64. The second kappa shape index (κ2) is 5.47. The van der Waals surface area contributed by atoms with E-state index in [4.69, 9.17) is 5.73 Å². The Bertz CT molecular complexity index is 650. The number of hydrogen-bond acceptors (Lipinski definition) is 7. The highest BCUT2D eigenvalue weighted by molar-refractivity contribution is 5.77. The Hall–Kier alpha value is -2.31. The highest BCUT2D eigenvalue weighted by Crippen LogP contribution is 2.35. The van der Waals surface area contributed by atoms with Crippen LogP contribution in [0.5, 0.6) is 0 Å². The highest BCUT2D eigenvalue weighted by Gasteiger charge is 2.29. The fourth-order valence-corrected chi connectivity index (χ4v) is 2.59. The van der Waals surface area contributed by atoms with Gasteiger partial charge in [-0.15, -0.1) is 0 Å². The third-order valence-electron chi connectivity index (χ3n) is 4.26. The van der Waals surface area contributed by atoms with E-state index < -0.39 is 0 Å². The van der Waals surface area contributed by atoms with E-state index in [1.807, 2.05) is 13.8 Å². The highest BCUT2D eigenvalue weighted by atomic mass is 16.3. The van der Waals surface area contributed by atoms with Crippen molar-refractivity contribution in [3.8, 4) is 0 Å². The van der Waals surface area contributed by atoms with Crippen LogP contribution in [0.2, 0.25) is 0 Å². The fraction of sp³-hybridized carbons (Fsp3) is 0.533. The molecule has 5 N–H and O–H groups in total. The van der Waals surface area contributed by atoms with Gasteiger partial charge in [0.2, 0.25) is 5.88 Å². The minimum Gasteiger partial charge on any atom is -0.493 e. The van der Waals surface area contributed by atoms with Crippen molar-refractivity contribution in [3.05, 3.63) is 17.4 Å². The summed E-state index contributed by atoms with van der Waals surface area (Å²) in [6.07, 6.45) is 3.96. The quantitative estimate of drug-likeness (QED) is 0.675. The molecule has 1 saturated carbocycles. The molecule has 0 amide bonds. The summed E-state index contributed by atoms with van der Waals surface area (Å²) in [5, 5.41) is 16.5. The molecule has 1 aliphatic carbocycles. The zero-order chi connectivity index (χ0) is 15.9. The molecule has 2 aliphatic rings. The van der Waals surface area contributed by atoms with Gasteiger partial charge >= 0.3 is 0 Å². The van der Waals surface area contributed by atoms with E-state index in [1.54, 1.807) is 0 Å². The molecule has 7 nitrogen and oxygen atoms in total. The maximum absolute atomic E-state index is 10.0. The molecule has 1 aliphatic heterocycles. The molecule has 118 valence electrons. The van der Waals surface area contributed by atoms with Crippen LogP contribution in [-0.4, -0.2) is 33.5 Å². The number of aromatic nitrogens is 2. The third-order valence-corrected chi connectivity index (χ3v) is 4.26. The van der Waals surface area contributed by atoms with E-state index in [0.717, 1.165) is 0 Å². The molecule has 1 fully saturated rings. The molecule has 7 heteroatoms. The first-order valence-electron chi connectivity index (χ1n) is 7.60. The minimum atomic E-state index is -0.116. The number of nitrogens with two attached hydrogens (primary N) is 1. The maximum atomic E-state index is 10.0. The zero-order valence-electron chi connectivity index (χ0n) is 13.1. The van der Waals surface area contributed by atoms with Crippen LogP contribution in [0, 0.1) is 12.8 Å². The Morgan fingerprint density at radius 3 is 2.77 bits per heavy atom. The van der Waals surface area contributed by atoms with Crippen LogP contribution >= 0.6 is 0 Å². The monoisotopic (exact) mass is 302 g/mol. The van der Waals surface area contributed by atoms with Crippen molar-refractivity contribution in [3.63, 3.8) is 0 Å². The number of nitrogen functional groups attached to an aromatic ring is 1. The van der Waals surface area contributed by atoms with Crippen LogP contribution in [0.1, 0.15) is 38.2 Å². The van der Waals surface area contributed by atoms with Gasteiger partial charge in [-0.05, 0) is 39.5 Å². The Labute approximate surface area is 129 Å². The van der Waals surface area contributed by atoms with Gasteiger partial charge < -0.3 is 21.5 Å². The first kappa shape index (κ1) is 14.6. The molecule has 1 aromatic rings. The number of aliphatic hydroxyl groups excluding tert-OH is 1. The van der Waals surface area contributed by atoms with Crippen LogP contribution < -0.4 is 16.4 Å². The summed E-state index contributed by atoms with van der Waals surface area (Å²) in [4.78, 5) is 12.8. The first-order valence-corrected chi connectivity index (χ1v) is 7.60. The number of aliphatic hydroxyl groups is 1. The number of rotatable bonds is 4. The lowest BCUT2D eigenvalue weighted by atomic mass is 10.1. The Morgan fingerprint density at radius 1 is 1.41 bits per heavy atom. The van der Waals surface area contributed by atoms with E-state index in [-0.39, 0.29) is 11.9 Å². The molecule has 0 spiro atoms. The van der Waals surface area contributed by atoms with Crippen LogP contribution in [0.25, 0.3) is 5.57 Å². The van der Waals surface area contributed by atoms with E-state index in [2.05, 4.69) is 32.5 Å². The summed E-state index contributed by atoms with van der Waals surface area (Å²) in [5.74, 6) is 1.71. The van der Waals surface area contributed by atoms with Crippen molar-refractivity contribution < 1.29 is 5.11 Å². The number of hydrogen-bond donors (Lipinski definition) is 4. The summed E-state index contributed by atoms with van der Waals surface area (Å²) in [6, 6.07) is 0.209. The van der Waals surface area contributed by atoms with Gasteiger partial charge in [0.05, 0.1) is 29.3 Å². The molecule has 1 aromatic heterocycles. The molecule has 0 radical (unpaired) electrons. The minimum absolute atomic E-state index is 0.0587. The Morgan fingerprint density at radius 2 is 2.14 bits per heavy atom. The molecule has 2 atom stereocenters. The normalized spacial score (nSPS) is 22.4. The number of nitrogens with zero attached hydrogens (tertiary/aromatic N) is 3. The smallest absolute Gasteiger partial charge is 0.221 e. The molecular weight excluding hydrogens is 280 g/mol. The van der Waals surface area contributed by atoms with E-state index in [0.29, 0.717) is 40.6 Å². The number of nitrogens with one attached hydrogen (secondary N) is 2. The van der Waals surface area contributed by atoms with E-state index >= 15 is 0 Å². The standard InChI is InChI=1S/C15H22N6O/c1-7(10-4-5-10)19-14-12(16)9(3)20-13(21-14)11-8(2)17-6-18-15(11)22/h6-8,10,22H,4-5,16H2,1-3H3,(H,17,18)(H,19,20,21)/t7-,8?/m0/s1. The molecule has 22 heavy (non-hydrogen) atoms. The van der Waals surface area contributed by atoms with Crippen molar-refractivity contribution in [2.75, 3.05) is 11.1 Å². The largest absolute Gasteiger partial charge is 0.493 e. The second-order valence-electron chi connectivity index (χ2n) is 6.05. The van der Waals surface area contributed by atoms with Gasteiger partial charge in [-0.2, -0.15) is 0 Å². The van der Waals surface area contributed by atoms with Crippen molar-refractivity contribution >= 4 is 23.4 Å². The molecular formula is C15H22N6O. The summed E-state index contributed by atoms with van der Waals surface area (Å²) >= 11 is 0. The van der Waals surface area contributed by atoms with Crippen molar-refractivity contribution in [1.29, 1.82) is 0 Å². The van der Waals surface area contributed by atoms with Gasteiger partial charge in [0, 0.05) is 6.04 Å². The van der Waals surface area contributed by atoms with Gasteiger partial charge in [0.25, 0.3) is 0 Å². The van der Waals surface area contributed by atoms with E-state index in [1.165, 1.54) is 19.2 Å². The summed E-state index contributed by atoms with van der Waals surface area (Å²) < 4.78 is 0. The average Bonchev–Trinajstić information content (AvgIpc) is 3.28. The lowest BCUT2D eigenvalue weighted by molar-refractivity contribution is 0.402. The summed E-state index contributed by atoms with van der Waals surface area (Å²) in [5.41, 5.74) is 7.93. The fourth-order valence-electron chi connectivity index (χ4n) is 2.59. The average molecular weight is 302 g/mol. The lowest BCUT2D eigenvalue weighted by Gasteiger charge is -2.21.